The highest BCUT2D eigenvalue weighted by Gasteiger charge is 2.25. The van der Waals surface area contributed by atoms with Crippen molar-refractivity contribution in [2.75, 3.05) is 17.2 Å². The summed E-state index contributed by atoms with van der Waals surface area (Å²) in [5, 5.41) is 9.50. The normalized spacial score (nSPS) is 12.7. The standard InChI is InChI=1S/C23H19N5OS/c29-21(27-15-12-17-6-4-5-9-20(17)27)16-30-23-26-25-22(18-10-13-24-14-11-18)28(23)19-7-2-1-3-8-19/h1-11,13-14H,12,15-16H2. The lowest BCUT2D eigenvalue weighted by molar-refractivity contribution is -0.116. The van der Waals surface area contributed by atoms with Crippen LogP contribution in [0.5, 0.6) is 0 Å². The molecule has 1 aliphatic heterocycles. The molecule has 0 N–H and O–H groups in total. The average molecular weight is 414 g/mol. The number of fused-ring (bicyclic) bond motifs is 1. The Balaban J connectivity index is 1.43. The minimum Gasteiger partial charge on any atom is -0.311 e. The van der Waals surface area contributed by atoms with Gasteiger partial charge < -0.3 is 4.90 Å². The molecular formula is C23H19N5OS. The highest BCUT2D eigenvalue weighted by atomic mass is 32.2. The van der Waals surface area contributed by atoms with Gasteiger partial charge in [-0.15, -0.1) is 10.2 Å². The van der Waals surface area contributed by atoms with Gasteiger partial charge in [-0.2, -0.15) is 0 Å². The summed E-state index contributed by atoms with van der Waals surface area (Å²) >= 11 is 1.41. The van der Waals surface area contributed by atoms with Crippen LogP contribution in [-0.2, 0) is 11.2 Å². The van der Waals surface area contributed by atoms with Crippen LogP contribution in [0.25, 0.3) is 17.1 Å². The van der Waals surface area contributed by atoms with E-state index in [2.05, 4.69) is 21.2 Å². The van der Waals surface area contributed by atoms with Crippen LogP contribution in [0.2, 0.25) is 0 Å². The van der Waals surface area contributed by atoms with Crippen LogP contribution in [-0.4, -0.2) is 38.0 Å². The second-order valence-corrected chi connectivity index (χ2v) is 7.87. The molecule has 7 heteroatoms. The Morgan fingerprint density at radius 3 is 2.53 bits per heavy atom. The van der Waals surface area contributed by atoms with Gasteiger partial charge in [-0.05, 0) is 42.3 Å². The van der Waals surface area contributed by atoms with Crippen molar-refractivity contribution in [3.05, 3.63) is 84.7 Å². The van der Waals surface area contributed by atoms with E-state index < -0.39 is 0 Å². The molecule has 0 bridgehead atoms. The zero-order chi connectivity index (χ0) is 20.3. The van der Waals surface area contributed by atoms with E-state index in [1.165, 1.54) is 17.3 Å². The third-order valence-electron chi connectivity index (χ3n) is 5.10. The van der Waals surface area contributed by atoms with Gasteiger partial charge in [-0.25, -0.2) is 0 Å². The van der Waals surface area contributed by atoms with Crippen LogP contribution in [0.15, 0.2) is 84.3 Å². The number of aromatic nitrogens is 4. The summed E-state index contributed by atoms with van der Waals surface area (Å²) in [5.41, 5.74) is 4.12. The first-order valence-corrected chi connectivity index (χ1v) is 10.7. The van der Waals surface area contributed by atoms with Gasteiger partial charge in [0, 0.05) is 35.9 Å². The molecule has 30 heavy (non-hydrogen) atoms. The van der Waals surface area contributed by atoms with Gasteiger partial charge in [0.2, 0.25) is 5.91 Å². The summed E-state index contributed by atoms with van der Waals surface area (Å²) in [7, 11) is 0. The third kappa shape index (κ3) is 3.48. The van der Waals surface area contributed by atoms with Crippen LogP contribution < -0.4 is 4.90 Å². The number of carbonyl (C=O) groups is 1. The molecule has 1 aliphatic rings. The van der Waals surface area contributed by atoms with E-state index >= 15 is 0 Å². The van der Waals surface area contributed by atoms with Gasteiger partial charge in [0.25, 0.3) is 0 Å². The number of hydrogen-bond donors (Lipinski definition) is 0. The molecule has 6 nitrogen and oxygen atoms in total. The SMILES string of the molecule is O=C(CSc1nnc(-c2ccncc2)n1-c1ccccc1)N1CCc2ccccc21. The lowest BCUT2D eigenvalue weighted by Crippen LogP contribution is -2.30. The Morgan fingerprint density at radius 2 is 1.70 bits per heavy atom. The maximum atomic E-state index is 12.9. The Kier molecular flexibility index (Phi) is 5.03. The number of anilines is 1. The molecule has 148 valence electrons. The van der Waals surface area contributed by atoms with Crippen molar-refractivity contribution in [3.8, 4) is 17.1 Å². The van der Waals surface area contributed by atoms with Crippen molar-refractivity contribution < 1.29 is 4.79 Å². The molecule has 0 aliphatic carbocycles. The molecule has 1 amide bonds. The number of thioether (sulfide) groups is 1. The summed E-state index contributed by atoms with van der Waals surface area (Å²) < 4.78 is 1.99. The molecule has 0 fully saturated rings. The molecule has 0 atom stereocenters. The average Bonchev–Trinajstić information content (AvgIpc) is 3.43. The lowest BCUT2D eigenvalue weighted by atomic mass is 10.2. The highest BCUT2D eigenvalue weighted by molar-refractivity contribution is 7.99. The fraction of sp³-hybridized carbons (Fsp3) is 0.130. The molecule has 0 radical (unpaired) electrons. The van der Waals surface area contributed by atoms with Crippen molar-refractivity contribution in [3.63, 3.8) is 0 Å². The Morgan fingerprint density at radius 1 is 0.933 bits per heavy atom. The van der Waals surface area contributed by atoms with Crippen LogP contribution in [0.3, 0.4) is 0 Å². The molecule has 4 aromatic rings. The van der Waals surface area contributed by atoms with Gasteiger partial charge in [-0.3, -0.25) is 14.3 Å². The molecule has 2 aromatic carbocycles. The van der Waals surface area contributed by atoms with Crippen molar-refractivity contribution in [2.45, 2.75) is 11.6 Å². The van der Waals surface area contributed by atoms with E-state index in [9.17, 15) is 4.79 Å². The number of para-hydroxylation sites is 2. The molecule has 0 spiro atoms. The van der Waals surface area contributed by atoms with Gasteiger partial charge in [0.1, 0.15) is 0 Å². The van der Waals surface area contributed by atoms with E-state index in [1.807, 2.05) is 70.1 Å². The predicted octanol–water partition coefficient (Wildman–Crippen LogP) is 4.01. The van der Waals surface area contributed by atoms with Crippen LogP contribution in [0, 0.1) is 0 Å². The van der Waals surface area contributed by atoms with Crippen molar-refractivity contribution in [1.82, 2.24) is 19.7 Å². The molecule has 2 aromatic heterocycles. The zero-order valence-corrected chi connectivity index (χ0v) is 17.0. The number of carbonyl (C=O) groups excluding carboxylic acids is 1. The van der Waals surface area contributed by atoms with E-state index in [1.54, 1.807) is 12.4 Å². The lowest BCUT2D eigenvalue weighted by Gasteiger charge is -2.17. The predicted molar refractivity (Wildman–Crippen MR) is 118 cm³/mol. The van der Waals surface area contributed by atoms with Crippen molar-refractivity contribution >= 4 is 23.4 Å². The van der Waals surface area contributed by atoms with E-state index in [0.29, 0.717) is 10.9 Å². The molecule has 0 saturated carbocycles. The fourth-order valence-electron chi connectivity index (χ4n) is 3.66. The summed E-state index contributed by atoms with van der Waals surface area (Å²) in [5.74, 6) is 1.11. The summed E-state index contributed by atoms with van der Waals surface area (Å²) in [4.78, 5) is 18.9. The number of hydrogen-bond acceptors (Lipinski definition) is 5. The van der Waals surface area contributed by atoms with E-state index in [0.717, 1.165) is 35.7 Å². The Bertz CT molecular complexity index is 1180. The van der Waals surface area contributed by atoms with Gasteiger partial charge in [-0.1, -0.05) is 48.2 Å². The van der Waals surface area contributed by atoms with Crippen LogP contribution >= 0.6 is 11.8 Å². The quantitative estimate of drug-likeness (QED) is 0.463. The van der Waals surface area contributed by atoms with E-state index in [-0.39, 0.29) is 5.91 Å². The zero-order valence-electron chi connectivity index (χ0n) is 16.2. The minimum absolute atomic E-state index is 0.0815. The number of amides is 1. The Hall–Kier alpha value is -3.45. The summed E-state index contributed by atoms with van der Waals surface area (Å²) in [6.45, 7) is 0.729. The van der Waals surface area contributed by atoms with Crippen LogP contribution in [0.4, 0.5) is 5.69 Å². The molecule has 5 rings (SSSR count). The fourth-order valence-corrected chi connectivity index (χ4v) is 4.49. The maximum absolute atomic E-state index is 12.9. The summed E-state index contributed by atoms with van der Waals surface area (Å²) in [6.07, 6.45) is 4.37. The molecule has 0 unspecified atom stereocenters. The smallest absolute Gasteiger partial charge is 0.237 e. The number of rotatable bonds is 5. The van der Waals surface area contributed by atoms with Gasteiger partial charge in [0.05, 0.1) is 5.75 Å². The first-order valence-electron chi connectivity index (χ1n) is 9.73. The van der Waals surface area contributed by atoms with Crippen molar-refractivity contribution in [1.29, 1.82) is 0 Å². The largest absolute Gasteiger partial charge is 0.311 e. The first-order chi connectivity index (χ1) is 14.8. The summed E-state index contributed by atoms with van der Waals surface area (Å²) in [6, 6.07) is 21.9. The van der Waals surface area contributed by atoms with Gasteiger partial charge >= 0.3 is 0 Å². The van der Waals surface area contributed by atoms with Crippen LogP contribution in [0.1, 0.15) is 5.56 Å². The van der Waals surface area contributed by atoms with Crippen molar-refractivity contribution in [2.24, 2.45) is 0 Å². The Labute approximate surface area is 178 Å². The minimum atomic E-state index is 0.0815. The van der Waals surface area contributed by atoms with E-state index in [4.69, 9.17) is 0 Å². The molecular weight excluding hydrogens is 394 g/mol. The molecule has 0 saturated heterocycles. The topological polar surface area (TPSA) is 63.9 Å². The third-order valence-corrected chi connectivity index (χ3v) is 6.01. The maximum Gasteiger partial charge on any atom is 0.237 e. The number of benzene rings is 2. The first kappa shape index (κ1) is 18.6. The second kappa shape index (κ2) is 8.12. The highest BCUT2D eigenvalue weighted by Crippen LogP contribution is 2.30. The van der Waals surface area contributed by atoms with Gasteiger partial charge in [0.15, 0.2) is 11.0 Å². The number of pyridine rings is 1. The second-order valence-electron chi connectivity index (χ2n) is 6.93. The number of nitrogens with zero attached hydrogens (tertiary/aromatic N) is 5. The molecule has 3 heterocycles. The monoisotopic (exact) mass is 413 g/mol.